The predicted molar refractivity (Wildman–Crippen MR) is 56.3 cm³/mol. The molecule has 5 nitrogen and oxygen atoms in total. The summed E-state index contributed by atoms with van der Waals surface area (Å²) in [5.74, 6) is 0.484. The summed E-state index contributed by atoms with van der Waals surface area (Å²) in [7, 11) is 0. The number of aliphatic hydroxyl groups is 1. The molecule has 0 saturated carbocycles. The summed E-state index contributed by atoms with van der Waals surface area (Å²) in [5, 5.41) is 17.6. The Morgan fingerprint density at radius 2 is 2.33 bits per heavy atom. The van der Waals surface area contributed by atoms with Crippen molar-refractivity contribution in [2.24, 2.45) is 0 Å². The Bertz CT molecular complexity index is 359. The summed E-state index contributed by atoms with van der Waals surface area (Å²) in [6.07, 6.45) is 1.55. The van der Waals surface area contributed by atoms with Crippen LogP contribution in [0.1, 0.15) is 19.5 Å². The van der Waals surface area contributed by atoms with E-state index in [9.17, 15) is 0 Å². The molecule has 1 aromatic rings. The van der Waals surface area contributed by atoms with Gasteiger partial charge in [-0.25, -0.2) is 9.97 Å². The van der Waals surface area contributed by atoms with Crippen LogP contribution in [0.4, 0.5) is 5.95 Å². The lowest BCUT2D eigenvalue weighted by molar-refractivity contribution is 0.298. The molecule has 0 aliphatic rings. The zero-order valence-electron chi connectivity index (χ0n) is 8.88. The second-order valence-corrected chi connectivity index (χ2v) is 3.36. The van der Waals surface area contributed by atoms with Crippen molar-refractivity contribution in [3.8, 4) is 6.07 Å². The highest BCUT2D eigenvalue weighted by Crippen LogP contribution is 2.10. The van der Waals surface area contributed by atoms with E-state index in [1.807, 2.05) is 24.8 Å². The second kappa shape index (κ2) is 5.27. The molecule has 0 spiro atoms. The third-order valence-electron chi connectivity index (χ3n) is 1.98. The molecule has 1 rings (SSSR count). The largest absolute Gasteiger partial charge is 0.395 e. The van der Waals surface area contributed by atoms with E-state index in [0.29, 0.717) is 18.2 Å². The van der Waals surface area contributed by atoms with Gasteiger partial charge in [-0.15, -0.1) is 0 Å². The van der Waals surface area contributed by atoms with Crippen molar-refractivity contribution in [3.63, 3.8) is 0 Å². The highest BCUT2D eigenvalue weighted by molar-refractivity contribution is 5.34. The molecule has 0 aliphatic heterocycles. The fourth-order valence-corrected chi connectivity index (χ4v) is 1.25. The van der Waals surface area contributed by atoms with Gasteiger partial charge in [-0.2, -0.15) is 5.26 Å². The van der Waals surface area contributed by atoms with Gasteiger partial charge in [0.25, 0.3) is 0 Å². The predicted octanol–water partition coefficient (Wildman–Crippen LogP) is 0.555. The molecule has 1 heterocycles. The first-order chi connectivity index (χ1) is 7.19. The maximum Gasteiger partial charge on any atom is 0.226 e. The van der Waals surface area contributed by atoms with Gasteiger partial charge in [0.15, 0.2) is 0 Å². The number of anilines is 1. The van der Waals surface area contributed by atoms with Crippen LogP contribution in [0.3, 0.4) is 0 Å². The van der Waals surface area contributed by atoms with Crippen molar-refractivity contribution in [1.29, 1.82) is 5.26 Å². The topological polar surface area (TPSA) is 73.0 Å². The molecule has 1 aromatic heterocycles. The Morgan fingerprint density at radius 1 is 1.60 bits per heavy atom. The molecule has 0 radical (unpaired) electrons. The van der Waals surface area contributed by atoms with Crippen molar-refractivity contribution in [1.82, 2.24) is 9.97 Å². The fraction of sp³-hybridized carbons (Fsp3) is 0.500. The Morgan fingerprint density at radius 3 is 2.87 bits per heavy atom. The molecular formula is C10H14N4O. The minimum Gasteiger partial charge on any atom is -0.395 e. The van der Waals surface area contributed by atoms with Crippen LogP contribution >= 0.6 is 0 Å². The molecule has 0 atom stereocenters. The van der Waals surface area contributed by atoms with Crippen molar-refractivity contribution in [3.05, 3.63) is 18.0 Å². The van der Waals surface area contributed by atoms with Crippen LogP contribution < -0.4 is 4.90 Å². The summed E-state index contributed by atoms with van der Waals surface area (Å²) in [5.41, 5.74) is 0.337. The quantitative estimate of drug-likeness (QED) is 0.779. The standard InChI is InChI=1S/C10H14N4O/c1-8(2)14(5-6-15)10-12-4-3-9(7-11)13-10/h3-4,8,15H,5-6H2,1-2H3. The van der Waals surface area contributed by atoms with Crippen molar-refractivity contribution in [2.75, 3.05) is 18.1 Å². The number of hydrogen-bond acceptors (Lipinski definition) is 5. The normalized spacial score (nSPS) is 10.1. The first kappa shape index (κ1) is 11.4. The zero-order chi connectivity index (χ0) is 11.3. The summed E-state index contributed by atoms with van der Waals surface area (Å²) in [6.45, 7) is 4.47. The Balaban J connectivity index is 2.96. The van der Waals surface area contributed by atoms with E-state index in [0.717, 1.165) is 0 Å². The lowest BCUT2D eigenvalue weighted by atomic mass is 10.3. The minimum absolute atomic E-state index is 0.0400. The number of hydrogen-bond donors (Lipinski definition) is 1. The van der Waals surface area contributed by atoms with Crippen LogP contribution in [0.25, 0.3) is 0 Å². The minimum atomic E-state index is 0.0400. The van der Waals surface area contributed by atoms with Gasteiger partial charge in [-0.05, 0) is 19.9 Å². The molecule has 5 heteroatoms. The molecular weight excluding hydrogens is 192 g/mol. The molecule has 0 amide bonds. The van der Waals surface area contributed by atoms with Crippen molar-refractivity contribution < 1.29 is 5.11 Å². The zero-order valence-corrected chi connectivity index (χ0v) is 8.88. The van der Waals surface area contributed by atoms with Gasteiger partial charge in [0, 0.05) is 18.8 Å². The van der Waals surface area contributed by atoms with Crippen LogP contribution in [0.2, 0.25) is 0 Å². The molecule has 80 valence electrons. The van der Waals surface area contributed by atoms with Crippen molar-refractivity contribution >= 4 is 5.95 Å². The first-order valence-electron chi connectivity index (χ1n) is 4.79. The van der Waals surface area contributed by atoms with E-state index < -0.39 is 0 Å². The molecule has 0 fully saturated rings. The number of nitriles is 1. The van der Waals surface area contributed by atoms with E-state index >= 15 is 0 Å². The van der Waals surface area contributed by atoms with E-state index in [4.69, 9.17) is 10.4 Å². The van der Waals surface area contributed by atoms with Gasteiger partial charge in [-0.1, -0.05) is 0 Å². The number of nitrogens with zero attached hydrogens (tertiary/aromatic N) is 4. The molecule has 0 unspecified atom stereocenters. The summed E-state index contributed by atoms with van der Waals surface area (Å²) in [6, 6.07) is 3.71. The van der Waals surface area contributed by atoms with Gasteiger partial charge in [0.2, 0.25) is 5.95 Å². The third-order valence-corrected chi connectivity index (χ3v) is 1.98. The van der Waals surface area contributed by atoms with Gasteiger partial charge >= 0.3 is 0 Å². The van der Waals surface area contributed by atoms with Gasteiger partial charge in [-0.3, -0.25) is 0 Å². The van der Waals surface area contributed by atoms with Crippen LogP contribution in [-0.4, -0.2) is 34.3 Å². The summed E-state index contributed by atoms with van der Waals surface area (Å²) < 4.78 is 0. The van der Waals surface area contributed by atoms with E-state index in [2.05, 4.69) is 9.97 Å². The SMILES string of the molecule is CC(C)N(CCO)c1nccc(C#N)n1. The highest BCUT2D eigenvalue weighted by Gasteiger charge is 2.12. The molecule has 0 bridgehead atoms. The number of rotatable bonds is 4. The van der Waals surface area contributed by atoms with E-state index in [1.54, 1.807) is 12.3 Å². The molecule has 0 saturated heterocycles. The second-order valence-electron chi connectivity index (χ2n) is 3.36. The molecule has 1 N–H and O–H groups in total. The molecule has 15 heavy (non-hydrogen) atoms. The van der Waals surface area contributed by atoms with E-state index in [1.165, 1.54) is 0 Å². The lowest BCUT2D eigenvalue weighted by Gasteiger charge is -2.25. The fourth-order valence-electron chi connectivity index (χ4n) is 1.25. The van der Waals surface area contributed by atoms with Crippen molar-refractivity contribution in [2.45, 2.75) is 19.9 Å². The molecule has 0 aliphatic carbocycles. The molecule has 0 aromatic carbocycles. The van der Waals surface area contributed by atoms with Crippen LogP contribution in [-0.2, 0) is 0 Å². The lowest BCUT2D eigenvalue weighted by Crippen LogP contribution is -2.34. The van der Waals surface area contributed by atoms with E-state index in [-0.39, 0.29) is 12.6 Å². The highest BCUT2D eigenvalue weighted by atomic mass is 16.3. The monoisotopic (exact) mass is 206 g/mol. The van der Waals surface area contributed by atoms with Crippen LogP contribution in [0.5, 0.6) is 0 Å². The summed E-state index contributed by atoms with van der Waals surface area (Å²) >= 11 is 0. The maximum absolute atomic E-state index is 8.91. The number of aromatic nitrogens is 2. The Labute approximate surface area is 89.0 Å². The summed E-state index contributed by atoms with van der Waals surface area (Å²) in [4.78, 5) is 10.0. The number of aliphatic hydroxyl groups excluding tert-OH is 1. The Kier molecular flexibility index (Phi) is 4.01. The smallest absolute Gasteiger partial charge is 0.226 e. The maximum atomic E-state index is 8.91. The first-order valence-corrected chi connectivity index (χ1v) is 4.79. The van der Waals surface area contributed by atoms with Crippen LogP contribution in [0.15, 0.2) is 12.3 Å². The average molecular weight is 206 g/mol. The Hall–Kier alpha value is -1.67. The average Bonchev–Trinajstić information content (AvgIpc) is 2.25. The van der Waals surface area contributed by atoms with Gasteiger partial charge in [0.1, 0.15) is 11.8 Å². The van der Waals surface area contributed by atoms with Gasteiger partial charge < -0.3 is 10.0 Å². The van der Waals surface area contributed by atoms with Crippen LogP contribution in [0, 0.1) is 11.3 Å². The van der Waals surface area contributed by atoms with Gasteiger partial charge in [0.05, 0.1) is 6.61 Å². The third kappa shape index (κ3) is 2.89.